The Hall–Kier alpha value is -13.7. The van der Waals surface area contributed by atoms with Crippen molar-refractivity contribution in [2.24, 2.45) is 11.8 Å². The molecule has 1 heterocycles. The Balaban J connectivity index is 1.05. The summed E-state index contributed by atoms with van der Waals surface area (Å²) < 4.78 is 15.5. The van der Waals surface area contributed by atoms with Crippen LogP contribution < -0.4 is 52.6 Å². The van der Waals surface area contributed by atoms with Crippen molar-refractivity contribution in [3.05, 3.63) is 353 Å². The predicted octanol–water partition coefficient (Wildman–Crippen LogP) is 14.2. The van der Waals surface area contributed by atoms with E-state index in [0.717, 1.165) is 16.7 Å². The van der Waals surface area contributed by atoms with Crippen LogP contribution in [0.15, 0.2) is 297 Å². The molecular formula is C107H122N10O14S. The summed E-state index contributed by atoms with van der Waals surface area (Å²) in [6.45, 7) is 17.5. The van der Waals surface area contributed by atoms with Crippen molar-refractivity contribution in [2.45, 2.75) is 190 Å². The van der Waals surface area contributed by atoms with Crippen LogP contribution in [0.1, 0.15) is 170 Å². The van der Waals surface area contributed by atoms with E-state index in [4.69, 9.17) is 14.2 Å². The van der Waals surface area contributed by atoms with Gasteiger partial charge in [-0.2, -0.15) is 0 Å². The SMILES string of the molecule is CC[C@H](C)[C@H](NC(=O)[C@H](Cc1ccc(OC(C)(C)C)cc1)NC(=O)OC(C)(C)C)C(=O)N[C@@H](CCC(=O)NC(c1ccccc1)(c1ccccc1)c1ccccc1)C(=O)N[C@@H](CC(=O)NC(c1ccccc1)(c1ccccc1)c1ccccc1)C(=O)N[C@@H](CSC(c1ccccc1)(c1ccccc1)c1ccccc1)C(=O)N1CCC[C@H]1C(=O)N[C@@H](CC(C)C)C(=O)NCC(=O)OC. The van der Waals surface area contributed by atoms with Crippen molar-refractivity contribution in [1.82, 2.24) is 52.8 Å². The third-order valence-electron chi connectivity index (χ3n) is 23.2. The quantitative estimate of drug-likeness (QED) is 0.0127. The van der Waals surface area contributed by atoms with Crippen molar-refractivity contribution in [2.75, 3.05) is 26.0 Å². The van der Waals surface area contributed by atoms with Gasteiger partial charge in [0.15, 0.2) is 0 Å². The molecule has 1 aliphatic rings. The summed E-state index contributed by atoms with van der Waals surface area (Å²) in [6, 6.07) is 81.0. The van der Waals surface area contributed by atoms with Gasteiger partial charge in [0.2, 0.25) is 53.2 Å². The normalized spacial score (nSPS) is 14.5. The van der Waals surface area contributed by atoms with Crippen LogP contribution in [0, 0.1) is 11.8 Å². The van der Waals surface area contributed by atoms with Crippen molar-refractivity contribution < 1.29 is 67.0 Å². The van der Waals surface area contributed by atoms with Crippen LogP contribution in [0.3, 0.4) is 0 Å². The minimum atomic E-state index is -1.99. The van der Waals surface area contributed by atoms with E-state index in [1.807, 2.05) is 308 Å². The van der Waals surface area contributed by atoms with Crippen LogP contribution in [-0.2, 0) is 79.7 Å². The molecule has 1 fully saturated rings. The van der Waals surface area contributed by atoms with Crippen LogP contribution in [0.25, 0.3) is 0 Å². The first-order valence-electron chi connectivity index (χ1n) is 45.0. The molecule has 10 aromatic rings. The number of nitrogens with zero attached hydrogens (tertiary/aromatic N) is 1. The fraction of sp³-hybridized carbons (Fsp3) is 0.336. The number of hydrogen-bond acceptors (Lipinski definition) is 15. The summed E-state index contributed by atoms with van der Waals surface area (Å²) in [7, 11) is 1.18. The highest BCUT2D eigenvalue weighted by Gasteiger charge is 2.47. The molecule has 1 aliphatic heterocycles. The molecule has 8 atom stereocenters. The number of thioether (sulfide) groups is 1. The first-order valence-corrected chi connectivity index (χ1v) is 46.0. The van der Waals surface area contributed by atoms with Crippen LogP contribution in [-0.4, -0.2) is 150 Å². The second-order valence-electron chi connectivity index (χ2n) is 35.6. The summed E-state index contributed by atoms with van der Waals surface area (Å²) in [6.07, 6.45) is -2.05. The van der Waals surface area contributed by atoms with Crippen LogP contribution in [0.4, 0.5) is 4.79 Å². The summed E-state index contributed by atoms with van der Waals surface area (Å²) in [5.74, 6) is -8.63. The number of alkyl carbamates (subject to hydrolysis) is 1. The Kier molecular flexibility index (Phi) is 34.6. The molecule has 0 aromatic heterocycles. The first-order chi connectivity index (χ1) is 63.3. The number of benzene rings is 10. The maximum absolute atomic E-state index is 16.9. The highest BCUT2D eigenvalue weighted by Crippen LogP contribution is 2.49. The summed E-state index contributed by atoms with van der Waals surface area (Å²) >= 11 is 1.32. The number of nitrogens with one attached hydrogen (secondary N) is 9. The second kappa shape index (κ2) is 46.2. The van der Waals surface area contributed by atoms with Crippen molar-refractivity contribution >= 4 is 77.0 Å². The average Bonchev–Trinajstić information content (AvgIpc) is 0.865. The van der Waals surface area contributed by atoms with Gasteiger partial charge >= 0.3 is 12.1 Å². The number of carbonyl (C=O) groups is 11. The molecule has 24 nitrogen and oxygen atoms in total. The van der Waals surface area contributed by atoms with Gasteiger partial charge < -0.3 is 67.0 Å². The molecule has 11 rings (SSSR count). The van der Waals surface area contributed by atoms with E-state index >= 15 is 38.4 Å². The Morgan fingerprint density at radius 2 is 0.833 bits per heavy atom. The third-order valence-corrected chi connectivity index (χ3v) is 24.9. The van der Waals surface area contributed by atoms with Crippen LogP contribution in [0.5, 0.6) is 5.75 Å². The van der Waals surface area contributed by atoms with Crippen LogP contribution in [0.2, 0.25) is 0 Å². The number of ether oxygens (including phenoxy) is 3. The Labute approximate surface area is 778 Å². The average molecular weight is 1800 g/mol. The molecule has 9 N–H and O–H groups in total. The molecule has 0 unspecified atom stereocenters. The molecule has 690 valence electrons. The molecule has 10 aromatic carbocycles. The van der Waals surface area contributed by atoms with Gasteiger partial charge in [0.25, 0.3) is 0 Å². The standard InChI is InChI=1S/C107H122N10O14S/c1-12-73(4)94(114-98(124)87(113-102(128)131-104(8,9)10)68-74-60-62-84(63-61-74)130-103(5,6)7)100(126)109-85(64-65-91(118)115-105(75-41-22-13-23-42-75,76-43-24-14-25-44-76)77-45-26-15-27-46-77)96(122)110-88(69-92(119)116-106(78-47-28-16-29-48-78,79-49-30-17-31-50-79)80-51-32-18-33-52-80)97(123)112-89(71-132-107(81-53-34-19-35-54-81,82-55-36-20-37-56-82)83-57-38-21-39-58-83)101(127)117-66-40-59-90(117)99(125)111-86(67-72(2)3)95(121)108-70-93(120)129-11/h13-39,41-58,60-63,72-73,85-90,94H,12,40,59,64-71H2,1-11H3,(H,108,121)(H,109,126)(H,110,122)(H,111,125)(H,112,123)(H,113,128)(H,114,124)(H,115,118)(H,116,119)/t73-,85-,86-,87-,88-,89-,90-,94-/m0/s1. The van der Waals surface area contributed by atoms with E-state index < -0.39 is 166 Å². The lowest BCUT2D eigenvalue weighted by Crippen LogP contribution is -2.62. The number of hydrogen-bond donors (Lipinski definition) is 9. The maximum Gasteiger partial charge on any atom is 0.408 e. The zero-order valence-corrected chi connectivity index (χ0v) is 77.7. The smallest absolute Gasteiger partial charge is 0.408 e. The molecule has 1 saturated heterocycles. The Morgan fingerprint density at radius 3 is 1.24 bits per heavy atom. The maximum atomic E-state index is 16.9. The number of esters is 1. The number of likely N-dealkylation sites (tertiary alicyclic amines) is 1. The Bertz CT molecular complexity index is 5200. The van der Waals surface area contributed by atoms with Crippen molar-refractivity contribution in [3.63, 3.8) is 0 Å². The number of methoxy groups -OCH3 is 1. The highest BCUT2D eigenvalue weighted by atomic mass is 32.2. The molecule has 0 radical (unpaired) electrons. The molecule has 25 heteroatoms. The first kappa shape index (κ1) is 98.9. The van der Waals surface area contributed by atoms with Gasteiger partial charge in [-0.3, -0.25) is 47.9 Å². The van der Waals surface area contributed by atoms with E-state index in [1.54, 1.807) is 58.9 Å². The van der Waals surface area contributed by atoms with Crippen molar-refractivity contribution in [3.8, 4) is 5.75 Å². The van der Waals surface area contributed by atoms with Gasteiger partial charge in [-0.15, -0.1) is 11.8 Å². The molecule has 0 spiro atoms. The lowest BCUT2D eigenvalue weighted by Gasteiger charge is -2.38. The largest absolute Gasteiger partial charge is 0.488 e. The molecule has 0 bridgehead atoms. The van der Waals surface area contributed by atoms with Crippen molar-refractivity contribution in [1.29, 1.82) is 0 Å². The van der Waals surface area contributed by atoms with E-state index in [9.17, 15) is 14.4 Å². The molecule has 132 heavy (non-hydrogen) atoms. The van der Waals surface area contributed by atoms with E-state index in [-0.39, 0.29) is 43.9 Å². The zero-order chi connectivity index (χ0) is 94.6. The summed E-state index contributed by atoms with van der Waals surface area (Å²) in [5.41, 5.74) is 2.40. The van der Waals surface area contributed by atoms with E-state index in [1.165, 1.54) is 23.8 Å². The number of amides is 10. The van der Waals surface area contributed by atoms with E-state index in [0.29, 0.717) is 51.1 Å². The van der Waals surface area contributed by atoms with Gasteiger partial charge in [0.1, 0.15) is 76.9 Å². The highest BCUT2D eigenvalue weighted by molar-refractivity contribution is 8.00. The zero-order valence-electron chi connectivity index (χ0n) is 76.8. The fourth-order valence-electron chi connectivity index (χ4n) is 16.7. The van der Waals surface area contributed by atoms with Gasteiger partial charge in [-0.05, 0) is 147 Å². The lowest BCUT2D eigenvalue weighted by molar-refractivity contribution is -0.143. The third kappa shape index (κ3) is 25.9. The van der Waals surface area contributed by atoms with Crippen LogP contribution >= 0.6 is 11.8 Å². The summed E-state index contributed by atoms with van der Waals surface area (Å²) in [4.78, 5) is 170. The molecule has 0 saturated carbocycles. The lowest BCUT2D eigenvalue weighted by atomic mass is 9.77. The van der Waals surface area contributed by atoms with Gasteiger partial charge in [-0.1, -0.05) is 319 Å². The minimum Gasteiger partial charge on any atom is -0.488 e. The van der Waals surface area contributed by atoms with E-state index in [2.05, 4.69) is 47.9 Å². The number of carbonyl (C=O) groups excluding carboxylic acids is 11. The van der Waals surface area contributed by atoms with Gasteiger partial charge in [-0.25, -0.2) is 4.79 Å². The fourth-order valence-corrected chi connectivity index (χ4v) is 18.3. The Morgan fingerprint density at radius 1 is 0.432 bits per heavy atom. The molecular weight excluding hydrogens is 1680 g/mol. The second-order valence-corrected chi connectivity index (χ2v) is 36.9. The predicted molar refractivity (Wildman–Crippen MR) is 512 cm³/mol. The molecule has 10 amide bonds. The monoisotopic (exact) mass is 1800 g/mol. The topological polar surface area (TPSA) is 327 Å². The molecule has 0 aliphatic carbocycles. The number of rotatable bonds is 41. The minimum absolute atomic E-state index is 0.000251. The van der Waals surface area contributed by atoms with Gasteiger partial charge in [0, 0.05) is 25.1 Å². The van der Waals surface area contributed by atoms with Gasteiger partial charge in [0.05, 0.1) is 18.3 Å². The summed E-state index contributed by atoms with van der Waals surface area (Å²) in [5, 5.41) is 26.7.